The van der Waals surface area contributed by atoms with E-state index in [4.69, 9.17) is 0 Å². The lowest BCUT2D eigenvalue weighted by molar-refractivity contribution is -0.142. The van der Waals surface area contributed by atoms with Gasteiger partial charge in [-0.3, -0.25) is 4.79 Å². The summed E-state index contributed by atoms with van der Waals surface area (Å²) in [6, 6.07) is 6.92. The number of carbonyl (C=O) groups is 2. The fraction of sp³-hybridized carbons (Fsp3) is 0.273. The van der Waals surface area contributed by atoms with Crippen LogP contribution in [0.5, 0.6) is 0 Å². The van der Waals surface area contributed by atoms with Crippen LogP contribution in [0, 0.1) is 0 Å². The van der Waals surface area contributed by atoms with Crippen molar-refractivity contribution in [2.75, 3.05) is 7.11 Å². The molecule has 0 aliphatic carbocycles. The maximum absolute atomic E-state index is 11.5. The zero-order chi connectivity index (χ0) is 12.8. The van der Waals surface area contributed by atoms with Crippen LogP contribution >= 0.6 is 15.9 Å². The molecule has 0 bridgehead atoms. The first-order chi connectivity index (χ1) is 8.02. The summed E-state index contributed by atoms with van der Waals surface area (Å²) in [5, 5.41) is 2.57. The van der Waals surface area contributed by atoms with Crippen LogP contribution in [-0.2, 0) is 16.0 Å². The standard InChI is InChI=1S/C11H13BBrNO3/c1-17-10(15)9(14-11(12)16)6-7-3-2-4-8(13)5-7/h2-5,9H,6,12H2,1H3,(H,14,16)/t9-/m0/s1. The zero-order valence-corrected chi connectivity index (χ0v) is 11.3. The number of hydrogen-bond donors (Lipinski definition) is 1. The quantitative estimate of drug-likeness (QED) is 0.663. The Morgan fingerprint density at radius 2 is 2.24 bits per heavy atom. The molecule has 90 valence electrons. The van der Waals surface area contributed by atoms with Crippen molar-refractivity contribution in [2.24, 2.45) is 0 Å². The molecular formula is C11H13BBrNO3. The molecule has 0 saturated carbocycles. The first kappa shape index (κ1) is 13.8. The van der Waals surface area contributed by atoms with Gasteiger partial charge in [0.1, 0.15) is 6.04 Å². The number of ether oxygens (including phenoxy) is 1. The number of amides is 1. The highest BCUT2D eigenvalue weighted by atomic mass is 79.9. The summed E-state index contributed by atoms with van der Waals surface area (Å²) in [6.07, 6.45) is 0.408. The van der Waals surface area contributed by atoms with Crippen LogP contribution in [0.15, 0.2) is 28.7 Å². The van der Waals surface area contributed by atoms with Crippen LogP contribution in [0.2, 0.25) is 0 Å². The average Bonchev–Trinajstić information content (AvgIpc) is 2.26. The number of carbonyl (C=O) groups excluding carboxylic acids is 2. The number of methoxy groups -OCH3 is 1. The molecule has 1 aromatic carbocycles. The van der Waals surface area contributed by atoms with Crippen molar-refractivity contribution in [1.29, 1.82) is 0 Å². The Hall–Kier alpha value is -1.30. The highest BCUT2D eigenvalue weighted by Gasteiger charge is 2.20. The Morgan fingerprint density at radius 1 is 1.53 bits per heavy atom. The van der Waals surface area contributed by atoms with Crippen molar-refractivity contribution in [3.05, 3.63) is 34.3 Å². The van der Waals surface area contributed by atoms with Crippen LogP contribution < -0.4 is 5.32 Å². The smallest absolute Gasteiger partial charge is 0.328 e. The molecule has 0 saturated heterocycles. The highest BCUT2D eigenvalue weighted by molar-refractivity contribution is 9.10. The first-order valence-electron chi connectivity index (χ1n) is 5.12. The molecule has 1 N–H and O–H groups in total. The predicted octanol–water partition coefficient (Wildman–Crippen LogP) is 0.876. The number of hydrogen-bond acceptors (Lipinski definition) is 3. The number of benzene rings is 1. The second-order valence-corrected chi connectivity index (χ2v) is 4.53. The van der Waals surface area contributed by atoms with E-state index in [9.17, 15) is 9.59 Å². The molecule has 0 radical (unpaired) electrons. The maximum atomic E-state index is 11.5. The highest BCUT2D eigenvalue weighted by Crippen LogP contribution is 2.13. The molecule has 0 aromatic heterocycles. The summed E-state index contributed by atoms with van der Waals surface area (Å²) >= 11 is 3.35. The molecule has 1 atom stereocenters. The van der Waals surface area contributed by atoms with Gasteiger partial charge in [-0.05, 0) is 17.7 Å². The van der Waals surface area contributed by atoms with Crippen molar-refractivity contribution in [3.63, 3.8) is 0 Å². The Labute approximate surface area is 109 Å². The van der Waals surface area contributed by atoms with E-state index in [1.165, 1.54) is 15.0 Å². The van der Waals surface area contributed by atoms with E-state index in [1.54, 1.807) is 0 Å². The van der Waals surface area contributed by atoms with Gasteiger partial charge in [0.25, 0.3) is 0 Å². The Bertz CT molecular complexity index is 425. The molecule has 4 nitrogen and oxygen atoms in total. The molecule has 6 heteroatoms. The molecule has 1 rings (SSSR count). The van der Waals surface area contributed by atoms with E-state index < -0.39 is 12.0 Å². The van der Waals surface area contributed by atoms with Crippen molar-refractivity contribution in [2.45, 2.75) is 12.5 Å². The van der Waals surface area contributed by atoms with Gasteiger partial charge in [-0.1, -0.05) is 28.1 Å². The zero-order valence-electron chi connectivity index (χ0n) is 9.70. The van der Waals surface area contributed by atoms with Gasteiger partial charge in [-0.15, -0.1) is 0 Å². The molecule has 0 unspecified atom stereocenters. The van der Waals surface area contributed by atoms with Crippen LogP contribution in [0.4, 0.5) is 4.79 Å². The summed E-state index contributed by atoms with van der Waals surface area (Å²) in [7, 11) is 2.68. The third-order valence-electron chi connectivity index (χ3n) is 2.19. The topological polar surface area (TPSA) is 55.4 Å². The molecular weight excluding hydrogens is 285 g/mol. The van der Waals surface area contributed by atoms with E-state index in [0.29, 0.717) is 6.42 Å². The van der Waals surface area contributed by atoms with Gasteiger partial charge in [0.2, 0.25) is 7.85 Å². The molecule has 17 heavy (non-hydrogen) atoms. The fourth-order valence-electron chi connectivity index (χ4n) is 1.48. The van der Waals surface area contributed by atoms with Gasteiger partial charge < -0.3 is 10.1 Å². The van der Waals surface area contributed by atoms with Crippen LogP contribution in [0.25, 0.3) is 0 Å². The summed E-state index contributed by atoms with van der Waals surface area (Å²) < 4.78 is 5.58. The first-order valence-corrected chi connectivity index (χ1v) is 5.91. The lowest BCUT2D eigenvalue weighted by Crippen LogP contribution is -2.42. The lowest BCUT2D eigenvalue weighted by Gasteiger charge is -2.15. The molecule has 1 amide bonds. The maximum Gasteiger partial charge on any atom is 0.328 e. The SMILES string of the molecule is BC(=O)N[C@@H](Cc1cccc(Br)c1)C(=O)OC. The van der Waals surface area contributed by atoms with E-state index in [-0.39, 0.29) is 5.81 Å². The normalized spacial score (nSPS) is 11.6. The van der Waals surface area contributed by atoms with Crippen molar-refractivity contribution in [1.82, 2.24) is 5.32 Å². The van der Waals surface area contributed by atoms with Crippen LogP contribution in [0.3, 0.4) is 0 Å². The van der Waals surface area contributed by atoms with E-state index in [1.807, 2.05) is 24.3 Å². The minimum Gasteiger partial charge on any atom is -0.467 e. The number of rotatable bonds is 4. The number of esters is 1. The molecule has 0 fully saturated rings. The van der Waals surface area contributed by atoms with Crippen molar-refractivity contribution < 1.29 is 14.3 Å². The van der Waals surface area contributed by atoms with E-state index >= 15 is 0 Å². The largest absolute Gasteiger partial charge is 0.467 e. The van der Waals surface area contributed by atoms with Crippen LogP contribution in [0.1, 0.15) is 5.56 Å². The third kappa shape index (κ3) is 4.60. The number of nitrogens with one attached hydrogen (secondary N) is 1. The summed E-state index contributed by atoms with van der Waals surface area (Å²) in [4.78, 5) is 22.5. The van der Waals surface area contributed by atoms with Crippen molar-refractivity contribution >= 4 is 35.6 Å². The van der Waals surface area contributed by atoms with Gasteiger partial charge in [0.05, 0.1) is 7.11 Å². The minimum atomic E-state index is -0.646. The van der Waals surface area contributed by atoms with Gasteiger partial charge >= 0.3 is 5.97 Å². The Morgan fingerprint density at radius 3 is 2.76 bits per heavy atom. The third-order valence-corrected chi connectivity index (χ3v) is 2.69. The second kappa shape index (κ2) is 6.44. The summed E-state index contributed by atoms with van der Waals surface area (Å²) in [6.45, 7) is 0. The summed E-state index contributed by atoms with van der Waals surface area (Å²) in [5.41, 5.74) is 0.948. The van der Waals surface area contributed by atoms with E-state index in [0.717, 1.165) is 10.0 Å². The lowest BCUT2D eigenvalue weighted by atomic mass is 10.0. The van der Waals surface area contributed by atoms with Gasteiger partial charge in [-0.2, -0.15) is 0 Å². The average molecular weight is 298 g/mol. The number of halogens is 1. The monoisotopic (exact) mass is 297 g/mol. The van der Waals surface area contributed by atoms with Gasteiger partial charge in [0, 0.05) is 10.9 Å². The summed E-state index contributed by atoms with van der Waals surface area (Å²) in [5.74, 6) is -0.699. The Balaban J connectivity index is 2.78. The molecule has 1 aromatic rings. The van der Waals surface area contributed by atoms with E-state index in [2.05, 4.69) is 26.0 Å². The predicted molar refractivity (Wildman–Crippen MR) is 70.7 cm³/mol. The molecule has 0 aliphatic rings. The van der Waals surface area contributed by atoms with Gasteiger partial charge in [-0.25, -0.2) is 4.79 Å². The van der Waals surface area contributed by atoms with Crippen molar-refractivity contribution in [3.8, 4) is 0 Å². The molecule has 0 aliphatic heterocycles. The van der Waals surface area contributed by atoms with Gasteiger partial charge in [0.15, 0.2) is 5.81 Å². The molecule has 0 spiro atoms. The fourth-order valence-corrected chi connectivity index (χ4v) is 1.93. The van der Waals surface area contributed by atoms with Crippen LogP contribution in [-0.4, -0.2) is 32.8 Å². The molecule has 0 heterocycles. The Kier molecular flexibility index (Phi) is 5.22. The second-order valence-electron chi connectivity index (χ2n) is 3.61. The minimum absolute atomic E-state index is 0.254.